The summed E-state index contributed by atoms with van der Waals surface area (Å²) in [6.45, 7) is 4.86. The van der Waals surface area contributed by atoms with Crippen LogP contribution in [-0.4, -0.2) is 6.61 Å². The molecule has 2 aliphatic carbocycles. The molecule has 0 amide bonds. The second-order valence-corrected chi connectivity index (χ2v) is 15.2. The lowest BCUT2D eigenvalue weighted by Gasteiger charge is -2.35. The molecule has 0 heterocycles. The summed E-state index contributed by atoms with van der Waals surface area (Å²) in [7, 11) is 0. The smallest absolute Gasteiger partial charge is 0.201 e. The van der Waals surface area contributed by atoms with Crippen LogP contribution in [0.4, 0.5) is 13.2 Å². The predicted molar refractivity (Wildman–Crippen MR) is 205 cm³/mol. The molecule has 5 rings (SSSR count). The number of allylic oxidation sites excluding steroid dienone is 2. The Morgan fingerprint density at radius 3 is 1.82 bits per heavy atom. The predicted octanol–water partition coefficient (Wildman–Crippen LogP) is 14.9. The van der Waals surface area contributed by atoms with Crippen molar-refractivity contribution >= 4 is 5.57 Å². The fourth-order valence-electron chi connectivity index (χ4n) is 8.42. The van der Waals surface area contributed by atoms with Crippen molar-refractivity contribution in [2.45, 2.75) is 142 Å². The van der Waals surface area contributed by atoms with Gasteiger partial charge in [-0.2, -0.15) is 4.39 Å². The third kappa shape index (κ3) is 10.8. The molecule has 0 N–H and O–H groups in total. The molecule has 0 saturated heterocycles. The molecule has 1 unspecified atom stereocenters. The van der Waals surface area contributed by atoms with E-state index in [1.165, 1.54) is 108 Å². The molecule has 272 valence electrons. The number of hydrogen-bond acceptors (Lipinski definition) is 1. The van der Waals surface area contributed by atoms with Gasteiger partial charge in [0, 0.05) is 11.1 Å². The van der Waals surface area contributed by atoms with Crippen molar-refractivity contribution < 1.29 is 17.9 Å². The molecule has 0 spiro atoms. The first-order valence-electron chi connectivity index (χ1n) is 20.2. The summed E-state index contributed by atoms with van der Waals surface area (Å²) in [6.07, 6.45) is 27.6. The molecule has 3 aromatic carbocycles. The zero-order valence-electron chi connectivity index (χ0n) is 30.9. The molecule has 0 bridgehead atoms. The molecule has 1 atom stereocenters. The zero-order chi connectivity index (χ0) is 35.1. The van der Waals surface area contributed by atoms with Crippen LogP contribution in [0.15, 0.2) is 60.7 Å². The molecule has 4 heteroatoms. The van der Waals surface area contributed by atoms with E-state index in [1.807, 2.05) is 12.1 Å². The van der Waals surface area contributed by atoms with Gasteiger partial charge in [-0.15, -0.1) is 0 Å². The van der Waals surface area contributed by atoms with E-state index in [9.17, 15) is 4.39 Å². The van der Waals surface area contributed by atoms with Gasteiger partial charge < -0.3 is 4.74 Å². The van der Waals surface area contributed by atoms with Crippen molar-refractivity contribution in [1.29, 1.82) is 0 Å². The first-order chi connectivity index (χ1) is 24.5. The maximum atomic E-state index is 15.5. The average molecular weight is 687 g/mol. The quantitative estimate of drug-likeness (QED) is 0.114. The van der Waals surface area contributed by atoms with E-state index in [0.29, 0.717) is 23.3 Å². The maximum absolute atomic E-state index is 15.5. The topological polar surface area (TPSA) is 9.23 Å². The van der Waals surface area contributed by atoms with E-state index in [4.69, 9.17) is 4.74 Å². The lowest BCUT2D eigenvalue weighted by Crippen LogP contribution is -2.23. The van der Waals surface area contributed by atoms with Crippen LogP contribution in [0.1, 0.15) is 148 Å². The van der Waals surface area contributed by atoms with Gasteiger partial charge >= 0.3 is 0 Å². The Kier molecular flexibility index (Phi) is 15.4. The number of ether oxygens (including phenoxy) is 1. The van der Waals surface area contributed by atoms with Crippen LogP contribution in [0, 0.1) is 35.2 Å². The van der Waals surface area contributed by atoms with E-state index in [2.05, 4.69) is 19.9 Å². The van der Waals surface area contributed by atoms with E-state index in [1.54, 1.807) is 36.4 Å². The van der Waals surface area contributed by atoms with Crippen LogP contribution in [0.25, 0.3) is 27.8 Å². The normalized spacial score (nSPS) is 19.4. The standard InChI is InChI=1S/C46H61F3O/c1-3-5-7-9-10-12-14-32-50-44-31-30-42(45(48)46(44)49)39-26-24-38(25-27-39)41-29-28-40(33-43(41)47)37-22-20-36(21-23-37)35-18-16-34(17-19-35)15-13-11-8-6-4-2/h22,24-31,33-36H,3-21,23,32H2,1-2H3. The highest BCUT2D eigenvalue weighted by molar-refractivity contribution is 5.74. The largest absolute Gasteiger partial charge is 0.490 e. The first-order valence-corrected chi connectivity index (χ1v) is 20.2. The minimum atomic E-state index is -0.963. The van der Waals surface area contributed by atoms with Crippen LogP contribution < -0.4 is 4.74 Å². The Bertz CT molecular complexity index is 1480. The van der Waals surface area contributed by atoms with Gasteiger partial charge in [0.1, 0.15) is 5.82 Å². The van der Waals surface area contributed by atoms with Gasteiger partial charge in [-0.3, -0.25) is 0 Å². The Hall–Kier alpha value is -3.01. The van der Waals surface area contributed by atoms with Gasteiger partial charge in [0.25, 0.3) is 0 Å². The van der Waals surface area contributed by atoms with Crippen LogP contribution in [0.2, 0.25) is 0 Å². The van der Waals surface area contributed by atoms with E-state index in [0.717, 1.165) is 55.4 Å². The summed E-state index contributed by atoms with van der Waals surface area (Å²) in [4.78, 5) is 0. The van der Waals surface area contributed by atoms with Crippen molar-refractivity contribution in [2.75, 3.05) is 6.61 Å². The molecule has 0 aliphatic heterocycles. The van der Waals surface area contributed by atoms with Crippen molar-refractivity contribution in [1.82, 2.24) is 0 Å². The van der Waals surface area contributed by atoms with Crippen LogP contribution in [-0.2, 0) is 0 Å². The van der Waals surface area contributed by atoms with Crippen molar-refractivity contribution in [3.05, 3.63) is 83.7 Å². The fourth-order valence-corrected chi connectivity index (χ4v) is 8.42. The van der Waals surface area contributed by atoms with Crippen molar-refractivity contribution in [2.24, 2.45) is 17.8 Å². The van der Waals surface area contributed by atoms with Gasteiger partial charge in [0.2, 0.25) is 5.82 Å². The van der Waals surface area contributed by atoms with Crippen LogP contribution >= 0.6 is 0 Å². The number of halogens is 3. The second-order valence-electron chi connectivity index (χ2n) is 15.2. The van der Waals surface area contributed by atoms with E-state index >= 15 is 8.78 Å². The van der Waals surface area contributed by atoms with Gasteiger partial charge in [0.15, 0.2) is 11.6 Å². The highest BCUT2D eigenvalue weighted by atomic mass is 19.2. The SMILES string of the molecule is CCCCCCCCCOc1ccc(-c2ccc(-c3ccc(C4=CCC(C5CCC(CCCCCCC)CC5)CC4)cc3F)cc2)c(F)c1F. The molecule has 0 radical (unpaired) electrons. The molecule has 3 aromatic rings. The number of hydrogen-bond donors (Lipinski definition) is 0. The molecular formula is C46H61F3O. The average Bonchev–Trinajstić information content (AvgIpc) is 3.15. The maximum Gasteiger partial charge on any atom is 0.201 e. The molecule has 50 heavy (non-hydrogen) atoms. The summed E-state index contributed by atoms with van der Waals surface area (Å²) >= 11 is 0. The number of benzene rings is 3. The highest BCUT2D eigenvalue weighted by Crippen LogP contribution is 2.43. The first kappa shape index (κ1) is 38.2. The highest BCUT2D eigenvalue weighted by Gasteiger charge is 2.29. The Labute approximate surface area is 301 Å². The summed E-state index contributed by atoms with van der Waals surface area (Å²) in [5.74, 6) is 0.368. The fraction of sp³-hybridized carbons (Fsp3) is 0.565. The van der Waals surface area contributed by atoms with Crippen LogP contribution in [0.5, 0.6) is 5.75 Å². The second kappa shape index (κ2) is 20.1. The summed E-state index contributed by atoms with van der Waals surface area (Å²) in [5, 5.41) is 0. The molecule has 1 fully saturated rings. The lowest BCUT2D eigenvalue weighted by atomic mass is 9.70. The Morgan fingerprint density at radius 2 is 1.18 bits per heavy atom. The lowest BCUT2D eigenvalue weighted by molar-refractivity contribution is 0.187. The Balaban J connectivity index is 1.11. The van der Waals surface area contributed by atoms with Gasteiger partial charge in [-0.1, -0.05) is 146 Å². The van der Waals surface area contributed by atoms with Gasteiger partial charge in [0.05, 0.1) is 6.61 Å². The molecule has 2 aliphatic rings. The Morgan fingerprint density at radius 1 is 0.580 bits per heavy atom. The number of rotatable bonds is 19. The van der Waals surface area contributed by atoms with Gasteiger partial charge in [-0.05, 0) is 96.7 Å². The molecule has 1 nitrogen and oxygen atoms in total. The monoisotopic (exact) mass is 686 g/mol. The van der Waals surface area contributed by atoms with Crippen molar-refractivity contribution in [3.8, 4) is 28.0 Å². The van der Waals surface area contributed by atoms with E-state index < -0.39 is 11.6 Å². The summed E-state index contributed by atoms with van der Waals surface area (Å²) in [5.41, 5.74) is 4.16. The molecule has 0 aromatic heterocycles. The zero-order valence-corrected chi connectivity index (χ0v) is 30.9. The van der Waals surface area contributed by atoms with Gasteiger partial charge in [-0.25, -0.2) is 8.78 Å². The molecular weight excluding hydrogens is 625 g/mol. The third-order valence-electron chi connectivity index (χ3n) is 11.6. The minimum absolute atomic E-state index is 0.0504. The van der Waals surface area contributed by atoms with E-state index in [-0.39, 0.29) is 17.1 Å². The number of unbranched alkanes of at least 4 members (excludes halogenated alkanes) is 10. The summed E-state index contributed by atoms with van der Waals surface area (Å²) < 4.78 is 51.1. The van der Waals surface area contributed by atoms with Crippen molar-refractivity contribution in [3.63, 3.8) is 0 Å². The minimum Gasteiger partial charge on any atom is -0.490 e. The third-order valence-corrected chi connectivity index (χ3v) is 11.6. The molecule has 1 saturated carbocycles. The summed E-state index contributed by atoms with van der Waals surface area (Å²) in [6, 6.07) is 15.6. The van der Waals surface area contributed by atoms with Crippen LogP contribution in [0.3, 0.4) is 0 Å².